The van der Waals surface area contributed by atoms with E-state index in [1.807, 2.05) is 24.3 Å². The number of non-ortho nitro benzene ring substituents is 2. The Morgan fingerprint density at radius 2 is 1.69 bits per heavy atom. The Morgan fingerprint density at radius 1 is 1.00 bits per heavy atom. The number of hydrogen-bond donors (Lipinski definition) is 0. The zero-order chi connectivity index (χ0) is 20.8. The van der Waals surface area contributed by atoms with Gasteiger partial charge in [-0.1, -0.05) is 12.1 Å². The highest BCUT2D eigenvalue weighted by molar-refractivity contribution is 7.18. The van der Waals surface area contributed by atoms with E-state index in [2.05, 4.69) is 4.98 Å². The third-order valence-corrected chi connectivity index (χ3v) is 5.26. The van der Waals surface area contributed by atoms with Gasteiger partial charge >= 0.3 is 5.97 Å². The van der Waals surface area contributed by atoms with Crippen molar-refractivity contribution in [1.82, 2.24) is 4.98 Å². The van der Waals surface area contributed by atoms with Gasteiger partial charge in [-0.15, -0.1) is 11.3 Å². The van der Waals surface area contributed by atoms with Crippen molar-refractivity contribution in [3.8, 4) is 0 Å². The third kappa shape index (κ3) is 5.32. The molecule has 29 heavy (non-hydrogen) atoms. The average Bonchev–Trinajstić information content (AvgIpc) is 3.12. The number of para-hydroxylation sites is 1. The number of thiazole rings is 1. The lowest BCUT2D eigenvalue weighted by Crippen LogP contribution is -2.08. The van der Waals surface area contributed by atoms with Crippen LogP contribution in [0, 0.1) is 20.2 Å². The van der Waals surface area contributed by atoms with Gasteiger partial charge in [-0.2, -0.15) is 0 Å². The molecule has 10 heteroatoms. The number of benzene rings is 2. The second-order valence-electron chi connectivity index (χ2n) is 6.27. The van der Waals surface area contributed by atoms with Crippen LogP contribution in [0.3, 0.4) is 0 Å². The Kier molecular flexibility index (Phi) is 6.45. The number of aryl methyl sites for hydroxylation is 1. The zero-order valence-corrected chi connectivity index (χ0v) is 16.1. The van der Waals surface area contributed by atoms with Crippen molar-refractivity contribution in [2.24, 2.45) is 0 Å². The number of nitrogens with zero attached hydrogens (tertiary/aromatic N) is 3. The number of fused-ring (bicyclic) bond motifs is 1. The van der Waals surface area contributed by atoms with Crippen molar-refractivity contribution < 1.29 is 19.4 Å². The van der Waals surface area contributed by atoms with E-state index in [0.717, 1.165) is 52.7 Å². The first-order valence-electron chi connectivity index (χ1n) is 8.89. The Hall–Kier alpha value is -3.40. The first kappa shape index (κ1) is 20.3. The molecule has 1 heterocycles. The van der Waals surface area contributed by atoms with Crippen LogP contribution >= 0.6 is 11.3 Å². The molecule has 0 unspecified atom stereocenters. The van der Waals surface area contributed by atoms with E-state index in [-0.39, 0.29) is 12.2 Å². The Balaban J connectivity index is 1.46. The summed E-state index contributed by atoms with van der Waals surface area (Å²) in [7, 11) is 0. The summed E-state index contributed by atoms with van der Waals surface area (Å²) in [5.41, 5.74) is -0.267. The molecule has 0 aliphatic rings. The molecule has 9 nitrogen and oxygen atoms in total. The van der Waals surface area contributed by atoms with E-state index in [1.54, 1.807) is 11.3 Å². The number of aromatic nitrogens is 1. The SMILES string of the molecule is O=C(OCCCCCc1nc2ccccc2s1)c1cc([N+](=O)[O-])cc([N+](=O)[O-])c1. The molecule has 2 aromatic carbocycles. The molecule has 0 N–H and O–H groups in total. The lowest BCUT2D eigenvalue weighted by Gasteiger charge is -2.05. The van der Waals surface area contributed by atoms with Crippen molar-refractivity contribution in [3.63, 3.8) is 0 Å². The van der Waals surface area contributed by atoms with Crippen molar-refractivity contribution in [3.05, 3.63) is 73.3 Å². The van der Waals surface area contributed by atoms with Crippen LogP contribution < -0.4 is 0 Å². The average molecular weight is 415 g/mol. The molecule has 1 aromatic heterocycles. The summed E-state index contributed by atoms with van der Waals surface area (Å²) in [4.78, 5) is 36.8. The Bertz CT molecular complexity index is 1000. The van der Waals surface area contributed by atoms with Gasteiger partial charge in [0, 0.05) is 12.1 Å². The minimum Gasteiger partial charge on any atom is -0.462 e. The highest BCUT2D eigenvalue weighted by Crippen LogP contribution is 2.24. The Morgan fingerprint density at radius 3 is 2.34 bits per heavy atom. The van der Waals surface area contributed by atoms with E-state index in [0.29, 0.717) is 6.42 Å². The van der Waals surface area contributed by atoms with E-state index >= 15 is 0 Å². The van der Waals surface area contributed by atoms with Crippen molar-refractivity contribution in [2.45, 2.75) is 25.7 Å². The van der Waals surface area contributed by atoms with Crippen molar-refractivity contribution in [1.29, 1.82) is 0 Å². The van der Waals surface area contributed by atoms with Crippen LogP contribution in [0.4, 0.5) is 11.4 Å². The summed E-state index contributed by atoms with van der Waals surface area (Å²) in [5, 5.41) is 22.8. The predicted octanol–water partition coefficient (Wildman–Crippen LogP) is 4.68. The summed E-state index contributed by atoms with van der Waals surface area (Å²) >= 11 is 1.66. The molecular weight excluding hydrogens is 398 g/mol. The number of nitro benzene ring substituents is 2. The largest absolute Gasteiger partial charge is 0.462 e. The fourth-order valence-corrected chi connectivity index (χ4v) is 3.76. The lowest BCUT2D eigenvalue weighted by molar-refractivity contribution is -0.394. The Labute approximate surface area is 169 Å². The minimum atomic E-state index is -0.817. The molecule has 3 rings (SSSR count). The number of nitro groups is 2. The topological polar surface area (TPSA) is 125 Å². The number of carbonyl (C=O) groups excluding carboxylic acids is 1. The lowest BCUT2D eigenvalue weighted by atomic mass is 10.1. The van der Waals surface area contributed by atoms with Gasteiger partial charge in [0.25, 0.3) is 11.4 Å². The normalized spacial score (nSPS) is 10.8. The monoisotopic (exact) mass is 415 g/mol. The van der Waals surface area contributed by atoms with Gasteiger partial charge in [0.05, 0.1) is 43.3 Å². The molecule has 3 aromatic rings. The van der Waals surface area contributed by atoms with Crippen molar-refractivity contribution >= 4 is 38.9 Å². The van der Waals surface area contributed by atoms with Gasteiger partial charge in [0.2, 0.25) is 0 Å². The summed E-state index contributed by atoms with van der Waals surface area (Å²) < 4.78 is 6.26. The van der Waals surface area contributed by atoms with E-state index in [1.165, 1.54) is 0 Å². The molecule has 0 saturated carbocycles. The van der Waals surface area contributed by atoms with Crippen LogP contribution in [-0.4, -0.2) is 27.4 Å². The minimum absolute atomic E-state index is 0.134. The maximum atomic E-state index is 12.1. The molecule has 0 amide bonds. The third-order valence-electron chi connectivity index (χ3n) is 4.17. The summed E-state index contributed by atoms with van der Waals surface area (Å²) in [6.45, 7) is 0.134. The fourth-order valence-electron chi connectivity index (χ4n) is 2.75. The second kappa shape index (κ2) is 9.20. The molecular formula is C19H17N3O6S. The molecule has 0 spiro atoms. The van der Waals surface area contributed by atoms with Gasteiger partial charge in [-0.3, -0.25) is 20.2 Å². The number of hydrogen-bond acceptors (Lipinski definition) is 8. The second-order valence-corrected chi connectivity index (χ2v) is 7.39. The highest BCUT2D eigenvalue weighted by atomic mass is 32.1. The van der Waals surface area contributed by atoms with E-state index < -0.39 is 27.2 Å². The summed E-state index contributed by atoms with van der Waals surface area (Å²) in [6, 6.07) is 10.7. The van der Waals surface area contributed by atoms with E-state index in [9.17, 15) is 25.0 Å². The fraction of sp³-hybridized carbons (Fsp3) is 0.263. The maximum absolute atomic E-state index is 12.1. The molecule has 0 aliphatic carbocycles. The summed E-state index contributed by atoms with van der Waals surface area (Å²) in [5.74, 6) is -0.817. The summed E-state index contributed by atoms with van der Waals surface area (Å²) in [6.07, 6.45) is 3.16. The van der Waals surface area contributed by atoms with Gasteiger partial charge in [0.15, 0.2) is 0 Å². The molecule has 0 saturated heterocycles. The number of carbonyl (C=O) groups is 1. The molecule has 0 atom stereocenters. The molecule has 0 aliphatic heterocycles. The van der Waals surface area contributed by atoms with Crippen LogP contribution in [0.2, 0.25) is 0 Å². The zero-order valence-electron chi connectivity index (χ0n) is 15.3. The smallest absolute Gasteiger partial charge is 0.338 e. The van der Waals surface area contributed by atoms with Crippen LogP contribution in [0.25, 0.3) is 10.2 Å². The van der Waals surface area contributed by atoms with Crippen LogP contribution in [0.1, 0.15) is 34.6 Å². The number of ether oxygens (including phenoxy) is 1. The van der Waals surface area contributed by atoms with Gasteiger partial charge < -0.3 is 4.74 Å². The quantitative estimate of drug-likeness (QED) is 0.215. The predicted molar refractivity (Wildman–Crippen MR) is 107 cm³/mol. The standard InChI is InChI=1S/C19H17N3O6S/c23-19(13-10-14(21(24)25)12-15(11-13)22(26)27)28-9-5-1-2-8-18-20-16-6-3-4-7-17(16)29-18/h3-4,6-7,10-12H,1-2,5,8-9H2. The van der Waals surface area contributed by atoms with Crippen molar-refractivity contribution in [2.75, 3.05) is 6.61 Å². The molecule has 150 valence electrons. The van der Waals surface area contributed by atoms with Gasteiger partial charge in [-0.25, -0.2) is 9.78 Å². The molecule has 0 radical (unpaired) electrons. The highest BCUT2D eigenvalue weighted by Gasteiger charge is 2.20. The van der Waals surface area contributed by atoms with Crippen LogP contribution in [0.15, 0.2) is 42.5 Å². The maximum Gasteiger partial charge on any atom is 0.338 e. The van der Waals surface area contributed by atoms with E-state index in [4.69, 9.17) is 4.74 Å². The number of esters is 1. The van der Waals surface area contributed by atoms with Crippen LogP contribution in [-0.2, 0) is 11.2 Å². The van der Waals surface area contributed by atoms with Gasteiger partial charge in [-0.05, 0) is 37.8 Å². The first-order chi connectivity index (χ1) is 13.9. The first-order valence-corrected chi connectivity index (χ1v) is 9.71. The van der Waals surface area contributed by atoms with Crippen LogP contribution in [0.5, 0.6) is 0 Å². The number of rotatable bonds is 9. The van der Waals surface area contributed by atoms with Gasteiger partial charge in [0.1, 0.15) is 0 Å². The molecule has 0 fully saturated rings. The molecule has 0 bridgehead atoms. The number of unbranched alkanes of at least 4 members (excludes halogenated alkanes) is 2.